The first-order valence-corrected chi connectivity index (χ1v) is 6.06. The second-order valence-electron chi connectivity index (χ2n) is 3.70. The third-order valence-corrected chi connectivity index (χ3v) is 3.54. The van der Waals surface area contributed by atoms with E-state index in [9.17, 15) is 4.79 Å². The molecule has 88 valence electrons. The van der Waals surface area contributed by atoms with Crippen molar-refractivity contribution >= 4 is 21.8 Å². The molecule has 1 aromatic carbocycles. The topological polar surface area (TPSA) is 49.3 Å². The minimum Gasteiger partial charge on any atom is -0.394 e. The van der Waals surface area contributed by atoms with E-state index in [-0.39, 0.29) is 18.6 Å². The number of amides is 1. The van der Waals surface area contributed by atoms with Gasteiger partial charge < -0.3 is 10.4 Å². The Labute approximate surface area is 104 Å². The molecule has 0 aromatic heterocycles. The Kier molecular flexibility index (Phi) is 4.96. The number of hydrogen-bond acceptors (Lipinski definition) is 2. The molecule has 1 aromatic rings. The van der Waals surface area contributed by atoms with Crippen LogP contribution in [0.3, 0.4) is 0 Å². The van der Waals surface area contributed by atoms with E-state index in [0.717, 1.165) is 10.0 Å². The van der Waals surface area contributed by atoms with Crippen molar-refractivity contribution in [1.29, 1.82) is 0 Å². The molecule has 0 fully saturated rings. The SMILES string of the molecule is CCC(CO)NC(=O)c1cccc(C)c1Br. The first-order valence-electron chi connectivity index (χ1n) is 5.27. The van der Waals surface area contributed by atoms with Crippen LogP contribution in [0.1, 0.15) is 29.3 Å². The van der Waals surface area contributed by atoms with Crippen LogP contribution in [0.2, 0.25) is 0 Å². The Morgan fingerprint density at radius 1 is 1.56 bits per heavy atom. The highest BCUT2D eigenvalue weighted by molar-refractivity contribution is 9.10. The molecule has 1 amide bonds. The summed E-state index contributed by atoms with van der Waals surface area (Å²) in [5.74, 6) is -0.156. The smallest absolute Gasteiger partial charge is 0.252 e. The van der Waals surface area contributed by atoms with E-state index in [1.165, 1.54) is 0 Å². The summed E-state index contributed by atoms with van der Waals surface area (Å²) in [6.07, 6.45) is 0.714. The molecular formula is C12H16BrNO2. The molecule has 0 bridgehead atoms. The van der Waals surface area contributed by atoms with Gasteiger partial charge >= 0.3 is 0 Å². The summed E-state index contributed by atoms with van der Waals surface area (Å²) in [4.78, 5) is 11.9. The molecule has 2 N–H and O–H groups in total. The number of aliphatic hydroxyl groups is 1. The van der Waals surface area contributed by atoms with Crippen LogP contribution in [-0.2, 0) is 0 Å². The molecule has 0 saturated carbocycles. The molecule has 4 heteroatoms. The molecule has 0 saturated heterocycles. The van der Waals surface area contributed by atoms with Crippen molar-refractivity contribution in [2.75, 3.05) is 6.61 Å². The molecular weight excluding hydrogens is 270 g/mol. The average Bonchev–Trinajstić information content (AvgIpc) is 2.29. The summed E-state index contributed by atoms with van der Waals surface area (Å²) in [5.41, 5.74) is 1.62. The van der Waals surface area contributed by atoms with Gasteiger partial charge in [-0.2, -0.15) is 0 Å². The maximum atomic E-state index is 11.9. The molecule has 0 radical (unpaired) electrons. The summed E-state index contributed by atoms with van der Waals surface area (Å²) >= 11 is 3.39. The van der Waals surface area contributed by atoms with E-state index in [1.807, 2.05) is 26.0 Å². The van der Waals surface area contributed by atoms with Gasteiger partial charge in [0.2, 0.25) is 0 Å². The van der Waals surface area contributed by atoms with Crippen LogP contribution in [0.5, 0.6) is 0 Å². The van der Waals surface area contributed by atoms with Crippen LogP contribution in [0, 0.1) is 6.92 Å². The predicted octanol–water partition coefficient (Wildman–Crippen LogP) is 2.26. The first kappa shape index (κ1) is 13.2. The van der Waals surface area contributed by atoms with Gasteiger partial charge in [-0.15, -0.1) is 0 Å². The second kappa shape index (κ2) is 6.01. The molecule has 1 unspecified atom stereocenters. The number of aliphatic hydroxyl groups excluding tert-OH is 1. The summed E-state index contributed by atoms with van der Waals surface area (Å²) in [7, 11) is 0. The van der Waals surface area contributed by atoms with Crippen molar-refractivity contribution in [1.82, 2.24) is 5.32 Å². The Morgan fingerprint density at radius 3 is 2.81 bits per heavy atom. The summed E-state index contributed by atoms with van der Waals surface area (Å²) in [6.45, 7) is 3.82. The average molecular weight is 286 g/mol. The van der Waals surface area contributed by atoms with Crippen molar-refractivity contribution in [3.63, 3.8) is 0 Å². The number of halogens is 1. The lowest BCUT2D eigenvalue weighted by Crippen LogP contribution is -2.37. The third-order valence-electron chi connectivity index (χ3n) is 2.48. The highest BCUT2D eigenvalue weighted by atomic mass is 79.9. The fourth-order valence-corrected chi connectivity index (χ4v) is 1.81. The number of hydrogen-bond donors (Lipinski definition) is 2. The zero-order valence-electron chi connectivity index (χ0n) is 9.46. The Hall–Kier alpha value is -0.870. The van der Waals surface area contributed by atoms with Gasteiger partial charge in [0.05, 0.1) is 18.2 Å². The monoisotopic (exact) mass is 285 g/mol. The lowest BCUT2D eigenvalue weighted by molar-refractivity contribution is 0.0914. The van der Waals surface area contributed by atoms with Gasteiger partial charge in [0.1, 0.15) is 0 Å². The van der Waals surface area contributed by atoms with E-state index in [4.69, 9.17) is 5.11 Å². The van der Waals surface area contributed by atoms with E-state index in [1.54, 1.807) is 6.07 Å². The van der Waals surface area contributed by atoms with Crippen LogP contribution < -0.4 is 5.32 Å². The minimum atomic E-state index is -0.181. The largest absolute Gasteiger partial charge is 0.394 e. The van der Waals surface area contributed by atoms with Crippen LogP contribution in [0.15, 0.2) is 22.7 Å². The number of rotatable bonds is 4. The van der Waals surface area contributed by atoms with Gasteiger partial charge in [0.25, 0.3) is 5.91 Å². The number of benzene rings is 1. The Balaban J connectivity index is 2.84. The molecule has 0 spiro atoms. The lowest BCUT2D eigenvalue weighted by atomic mass is 10.1. The zero-order valence-corrected chi connectivity index (χ0v) is 11.0. The highest BCUT2D eigenvalue weighted by Crippen LogP contribution is 2.20. The van der Waals surface area contributed by atoms with Gasteiger partial charge in [-0.1, -0.05) is 19.1 Å². The lowest BCUT2D eigenvalue weighted by Gasteiger charge is -2.15. The zero-order chi connectivity index (χ0) is 12.1. The van der Waals surface area contributed by atoms with E-state index in [2.05, 4.69) is 21.2 Å². The number of nitrogens with one attached hydrogen (secondary N) is 1. The van der Waals surface area contributed by atoms with Gasteiger partial charge in [-0.3, -0.25) is 4.79 Å². The van der Waals surface area contributed by atoms with Gasteiger partial charge in [-0.25, -0.2) is 0 Å². The van der Waals surface area contributed by atoms with Crippen molar-refractivity contribution in [3.8, 4) is 0 Å². The van der Waals surface area contributed by atoms with E-state index >= 15 is 0 Å². The van der Waals surface area contributed by atoms with Crippen molar-refractivity contribution in [3.05, 3.63) is 33.8 Å². The predicted molar refractivity (Wildman–Crippen MR) is 67.5 cm³/mol. The molecule has 0 aliphatic carbocycles. The molecule has 0 heterocycles. The van der Waals surface area contributed by atoms with Crippen LogP contribution in [-0.4, -0.2) is 23.7 Å². The summed E-state index contributed by atoms with van der Waals surface area (Å²) in [6, 6.07) is 5.36. The third kappa shape index (κ3) is 3.06. The summed E-state index contributed by atoms with van der Waals surface area (Å²) in [5, 5.41) is 11.8. The van der Waals surface area contributed by atoms with Crippen molar-refractivity contribution in [2.45, 2.75) is 26.3 Å². The van der Waals surface area contributed by atoms with Crippen LogP contribution in [0.4, 0.5) is 0 Å². The van der Waals surface area contributed by atoms with Crippen LogP contribution in [0.25, 0.3) is 0 Å². The highest BCUT2D eigenvalue weighted by Gasteiger charge is 2.14. The van der Waals surface area contributed by atoms with Crippen molar-refractivity contribution in [2.24, 2.45) is 0 Å². The number of aryl methyl sites for hydroxylation is 1. The van der Waals surface area contributed by atoms with Gasteiger partial charge in [0.15, 0.2) is 0 Å². The molecule has 0 aliphatic rings. The van der Waals surface area contributed by atoms with Crippen LogP contribution >= 0.6 is 15.9 Å². The quantitative estimate of drug-likeness (QED) is 0.892. The standard InChI is InChI=1S/C12H16BrNO2/c1-3-9(7-15)14-12(16)10-6-4-5-8(2)11(10)13/h4-6,9,15H,3,7H2,1-2H3,(H,14,16). The van der Waals surface area contributed by atoms with E-state index < -0.39 is 0 Å². The molecule has 1 atom stereocenters. The Morgan fingerprint density at radius 2 is 2.25 bits per heavy atom. The van der Waals surface area contributed by atoms with E-state index in [0.29, 0.717) is 12.0 Å². The fraction of sp³-hybridized carbons (Fsp3) is 0.417. The maximum absolute atomic E-state index is 11.9. The maximum Gasteiger partial charge on any atom is 0.252 e. The first-order chi connectivity index (χ1) is 7.60. The molecule has 16 heavy (non-hydrogen) atoms. The number of carbonyl (C=O) groups is 1. The minimum absolute atomic E-state index is 0.0360. The number of carbonyl (C=O) groups excluding carboxylic acids is 1. The molecule has 3 nitrogen and oxygen atoms in total. The molecule has 0 aliphatic heterocycles. The normalized spacial score (nSPS) is 12.2. The second-order valence-corrected chi connectivity index (χ2v) is 4.49. The Bertz CT molecular complexity index is 375. The van der Waals surface area contributed by atoms with Gasteiger partial charge in [0, 0.05) is 4.47 Å². The van der Waals surface area contributed by atoms with Crippen molar-refractivity contribution < 1.29 is 9.90 Å². The summed E-state index contributed by atoms with van der Waals surface area (Å²) < 4.78 is 0.806. The van der Waals surface area contributed by atoms with Gasteiger partial charge in [-0.05, 0) is 40.9 Å². The molecule has 1 rings (SSSR count). The fourth-order valence-electron chi connectivity index (χ4n) is 1.36.